The van der Waals surface area contributed by atoms with Crippen LogP contribution in [-0.2, 0) is 33.8 Å². The Bertz CT molecular complexity index is 1170. The van der Waals surface area contributed by atoms with Gasteiger partial charge in [-0.25, -0.2) is 4.79 Å². The van der Waals surface area contributed by atoms with Gasteiger partial charge in [0.15, 0.2) is 0 Å². The van der Waals surface area contributed by atoms with Crippen molar-refractivity contribution in [3.8, 4) is 0 Å². The number of hydrogen-bond acceptors (Lipinski definition) is 5. The highest BCUT2D eigenvalue weighted by atomic mass is 16.6. The van der Waals surface area contributed by atoms with Crippen LogP contribution in [0.1, 0.15) is 16.7 Å². The molecule has 2 aliphatic heterocycles. The van der Waals surface area contributed by atoms with Crippen LogP contribution in [0.3, 0.4) is 0 Å². The van der Waals surface area contributed by atoms with Crippen molar-refractivity contribution in [2.45, 2.75) is 25.6 Å². The van der Waals surface area contributed by atoms with Gasteiger partial charge in [0.1, 0.15) is 12.7 Å². The highest BCUT2D eigenvalue weighted by Crippen LogP contribution is 2.27. The van der Waals surface area contributed by atoms with Crippen LogP contribution < -0.4 is 15.1 Å². The molecule has 2 aliphatic rings. The predicted octanol–water partition coefficient (Wildman–Crippen LogP) is 3.91. The van der Waals surface area contributed by atoms with Crippen molar-refractivity contribution in [2.24, 2.45) is 0 Å². The molecular formula is C28H29N3O4. The molecule has 0 aromatic heterocycles. The van der Waals surface area contributed by atoms with Crippen molar-refractivity contribution in [3.63, 3.8) is 0 Å². The summed E-state index contributed by atoms with van der Waals surface area (Å²) >= 11 is 0. The molecule has 3 aromatic carbocycles. The van der Waals surface area contributed by atoms with E-state index in [-0.39, 0.29) is 24.7 Å². The van der Waals surface area contributed by atoms with Gasteiger partial charge in [-0.1, -0.05) is 54.6 Å². The molecule has 7 heteroatoms. The molecule has 0 bridgehead atoms. The molecule has 0 saturated carbocycles. The zero-order valence-electron chi connectivity index (χ0n) is 19.6. The molecule has 2 amide bonds. The number of carbonyl (C=O) groups is 2. The van der Waals surface area contributed by atoms with E-state index in [1.54, 1.807) is 9.80 Å². The third kappa shape index (κ3) is 5.53. The van der Waals surface area contributed by atoms with Crippen molar-refractivity contribution < 1.29 is 19.1 Å². The largest absolute Gasteiger partial charge is 0.444 e. The minimum absolute atomic E-state index is 0.0541. The van der Waals surface area contributed by atoms with Gasteiger partial charge < -0.3 is 19.7 Å². The average Bonchev–Trinajstić information content (AvgIpc) is 3.26. The quantitative estimate of drug-likeness (QED) is 0.540. The second kappa shape index (κ2) is 10.7. The van der Waals surface area contributed by atoms with Gasteiger partial charge in [0.2, 0.25) is 0 Å². The standard InChI is InChI=1S/C28H29N3O4/c32-27-20-34-15-14-30(27)24-10-12-25(13-11-24)31-19-26(35-28(31)33)16-22-8-4-5-9-23(22)18-29-17-21-6-2-1-3-7-21/h1-13,26,29H,14-20H2/t26-/m0/s1. The van der Waals surface area contributed by atoms with Crippen molar-refractivity contribution >= 4 is 23.4 Å². The van der Waals surface area contributed by atoms with E-state index >= 15 is 0 Å². The van der Waals surface area contributed by atoms with E-state index in [9.17, 15) is 9.59 Å². The fraction of sp³-hybridized carbons (Fsp3) is 0.286. The molecule has 2 fully saturated rings. The fourth-order valence-corrected chi connectivity index (χ4v) is 4.55. The Morgan fingerprint density at radius 2 is 1.49 bits per heavy atom. The molecule has 0 unspecified atom stereocenters. The summed E-state index contributed by atoms with van der Waals surface area (Å²) in [7, 11) is 0. The van der Waals surface area contributed by atoms with Crippen LogP contribution in [0.2, 0.25) is 0 Å². The summed E-state index contributed by atoms with van der Waals surface area (Å²) < 4.78 is 10.9. The number of ether oxygens (including phenoxy) is 2. The molecule has 0 aliphatic carbocycles. The zero-order valence-corrected chi connectivity index (χ0v) is 19.6. The summed E-state index contributed by atoms with van der Waals surface area (Å²) in [5.74, 6) is -0.0541. The highest BCUT2D eigenvalue weighted by molar-refractivity contribution is 5.95. The number of benzene rings is 3. The summed E-state index contributed by atoms with van der Waals surface area (Å²) in [6, 6.07) is 26.1. The molecule has 3 aromatic rings. The first-order valence-electron chi connectivity index (χ1n) is 11.9. The number of carbonyl (C=O) groups excluding carboxylic acids is 2. The Labute approximate surface area is 205 Å². The highest BCUT2D eigenvalue weighted by Gasteiger charge is 2.33. The lowest BCUT2D eigenvalue weighted by Gasteiger charge is -2.27. The molecule has 1 N–H and O–H groups in total. The summed E-state index contributed by atoms with van der Waals surface area (Å²) in [5, 5.41) is 3.51. The van der Waals surface area contributed by atoms with Gasteiger partial charge in [-0.2, -0.15) is 0 Å². The van der Waals surface area contributed by atoms with Crippen LogP contribution in [0, 0.1) is 0 Å². The second-order valence-corrected chi connectivity index (χ2v) is 8.79. The number of anilines is 2. The van der Waals surface area contributed by atoms with Crippen molar-refractivity contribution in [1.29, 1.82) is 0 Å². The van der Waals surface area contributed by atoms with E-state index in [4.69, 9.17) is 9.47 Å². The Morgan fingerprint density at radius 3 is 2.23 bits per heavy atom. The Morgan fingerprint density at radius 1 is 0.800 bits per heavy atom. The number of nitrogens with one attached hydrogen (secondary N) is 1. The molecule has 1 atom stereocenters. The van der Waals surface area contributed by atoms with Crippen molar-refractivity contribution in [3.05, 3.63) is 95.6 Å². The fourth-order valence-electron chi connectivity index (χ4n) is 4.55. The van der Waals surface area contributed by atoms with Crippen molar-refractivity contribution in [1.82, 2.24) is 5.32 Å². The van der Waals surface area contributed by atoms with Crippen LogP contribution in [0.5, 0.6) is 0 Å². The summed E-state index contributed by atoms with van der Waals surface area (Å²) in [4.78, 5) is 28.1. The molecule has 2 heterocycles. The van der Waals surface area contributed by atoms with Gasteiger partial charge >= 0.3 is 6.09 Å². The molecule has 0 radical (unpaired) electrons. The minimum atomic E-state index is -0.343. The van der Waals surface area contributed by atoms with Crippen LogP contribution in [-0.4, -0.2) is 44.4 Å². The Kier molecular flexibility index (Phi) is 7.07. The first-order valence-corrected chi connectivity index (χ1v) is 11.9. The molecule has 180 valence electrons. The first kappa shape index (κ1) is 23.1. The number of hydrogen-bond donors (Lipinski definition) is 1. The predicted molar refractivity (Wildman–Crippen MR) is 134 cm³/mol. The van der Waals surface area contributed by atoms with Crippen LogP contribution in [0.4, 0.5) is 16.2 Å². The third-order valence-electron chi connectivity index (χ3n) is 6.39. The maximum absolute atomic E-state index is 12.6. The number of nitrogens with zero attached hydrogens (tertiary/aromatic N) is 2. The summed E-state index contributed by atoms with van der Waals surface area (Å²) in [6.07, 6.45) is 0.0920. The lowest BCUT2D eigenvalue weighted by molar-refractivity contribution is -0.125. The zero-order chi connectivity index (χ0) is 24.0. The van der Waals surface area contributed by atoms with Gasteiger partial charge in [-0.15, -0.1) is 0 Å². The van der Waals surface area contributed by atoms with E-state index in [1.807, 2.05) is 54.6 Å². The van der Waals surface area contributed by atoms with E-state index < -0.39 is 0 Å². The molecule has 7 nitrogen and oxygen atoms in total. The number of cyclic esters (lactones) is 1. The van der Waals surface area contributed by atoms with E-state index in [1.165, 1.54) is 16.7 Å². The third-order valence-corrected chi connectivity index (χ3v) is 6.39. The van der Waals surface area contributed by atoms with E-state index in [2.05, 4.69) is 29.6 Å². The van der Waals surface area contributed by atoms with Gasteiger partial charge in [0.25, 0.3) is 5.91 Å². The monoisotopic (exact) mass is 471 g/mol. The van der Waals surface area contributed by atoms with E-state index in [0.29, 0.717) is 26.1 Å². The Hall–Kier alpha value is -3.68. The molecule has 2 saturated heterocycles. The molecule has 5 rings (SSSR count). The summed E-state index contributed by atoms with van der Waals surface area (Å²) in [6.45, 7) is 3.19. The average molecular weight is 472 g/mol. The van der Waals surface area contributed by atoms with E-state index in [0.717, 1.165) is 24.5 Å². The number of morpholine rings is 1. The molecule has 0 spiro atoms. The van der Waals surface area contributed by atoms with Crippen LogP contribution >= 0.6 is 0 Å². The van der Waals surface area contributed by atoms with Crippen LogP contribution in [0.15, 0.2) is 78.9 Å². The maximum Gasteiger partial charge on any atom is 0.414 e. The number of amides is 2. The maximum atomic E-state index is 12.6. The lowest BCUT2D eigenvalue weighted by atomic mass is 10.0. The van der Waals surface area contributed by atoms with Gasteiger partial charge in [-0.05, 0) is 41.0 Å². The van der Waals surface area contributed by atoms with Gasteiger partial charge in [0.05, 0.1) is 13.2 Å². The van der Waals surface area contributed by atoms with Gasteiger partial charge in [-0.3, -0.25) is 9.69 Å². The normalized spacial score (nSPS) is 18.1. The molecular weight excluding hydrogens is 442 g/mol. The molecule has 35 heavy (non-hydrogen) atoms. The Balaban J connectivity index is 1.20. The van der Waals surface area contributed by atoms with Crippen molar-refractivity contribution in [2.75, 3.05) is 36.1 Å². The van der Waals surface area contributed by atoms with Crippen LogP contribution in [0.25, 0.3) is 0 Å². The summed E-state index contributed by atoms with van der Waals surface area (Å²) in [5.41, 5.74) is 5.20. The smallest absolute Gasteiger partial charge is 0.414 e. The minimum Gasteiger partial charge on any atom is -0.444 e. The first-order chi connectivity index (χ1) is 17.2. The second-order valence-electron chi connectivity index (χ2n) is 8.79. The topological polar surface area (TPSA) is 71.1 Å². The SMILES string of the molecule is O=C1COCCN1c1ccc(N2C[C@H](Cc3ccccc3CNCc3ccccc3)OC2=O)cc1. The lowest BCUT2D eigenvalue weighted by Crippen LogP contribution is -2.41. The van der Waals surface area contributed by atoms with Gasteiger partial charge in [0, 0.05) is 37.4 Å². The number of rotatable bonds is 8.